The van der Waals surface area contributed by atoms with E-state index < -0.39 is 0 Å². The van der Waals surface area contributed by atoms with Gasteiger partial charge in [-0.2, -0.15) is 0 Å². The van der Waals surface area contributed by atoms with E-state index in [9.17, 15) is 0 Å². The Balaban J connectivity index is 1.78. The van der Waals surface area contributed by atoms with E-state index in [0.717, 1.165) is 18.8 Å². The first-order valence-electron chi connectivity index (χ1n) is 7.09. The van der Waals surface area contributed by atoms with Crippen molar-refractivity contribution in [3.63, 3.8) is 0 Å². The van der Waals surface area contributed by atoms with Gasteiger partial charge < -0.3 is 15.0 Å². The van der Waals surface area contributed by atoms with Crippen LogP contribution in [0.2, 0.25) is 0 Å². The highest BCUT2D eigenvalue weighted by molar-refractivity contribution is 6.47. The molecule has 3 nitrogen and oxygen atoms in total. The summed E-state index contributed by atoms with van der Waals surface area (Å²) in [4.78, 5) is 0. The molecule has 0 aromatic carbocycles. The monoisotopic (exact) mass is 249 g/mol. The highest BCUT2D eigenvalue weighted by atomic mass is 16.7. The summed E-state index contributed by atoms with van der Waals surface area (Å²) in [6.45, 7) is 10.7. The fourth-order valence-corrected chi connectivity index (χ4v) is 4.39. The number of hydrogen-bond acceptors (Lipinski definition) is 3. The number of nitrogens with two attached hydrogens (primary N) is 1. The molecule has 3 aliphatic carbocycles. The van der Waals surface area contributed by atoms with Crippen LogP contribution in [0.1, 0.15) is 40.0 Å². The van der Waals surface area contributed by atoms with E-state index in [4.69, 9.17) is 15.0 Å². The minimum absolute atomic E-state index is 0.0924. The van der Waals surface area contributed by atoms with Gasteiger partial charge in [-0.15, -0.1) is 6.58 Å². The predicted molar refractivity (Wildman–Crippen MR) is 72.9 cm³/mol. The van der Waals surface area contributed by atoms with Crippen molar-refractivity contribution in [1.29, 1.82) is 0 Å². The van der Waals surface area contributed by atoms with Crippen LogP contribution in [0.5, 0.6) is 0 Å². The van der Waals surface area contributed by atoms with Gasteiger partial charge in [-0.25, -0.2) is 0 Å². The summed E-state index contributed by atoms with van der Waals surface area (Å²) >= 11 is 0. The number of rotatable bonds is 3. The van der Waals surface area contributed by atoms with Gasteiger partial charge in [0.25, 0.3) is 0 Å². The Hall–Kier alpha value is -0.315. The number of hydrogen-bond donors (Lipinski definition) is 1. The molecule has 100 valence electrons. The molecule has 0 aromatic heterocycles. The molecule has 0 amide bonds. The second kappa shape index (κ2) is 3.84. The third-order valence-electron chi connectivity index (χ3n) is 5.76. The molecule has 4 aliphatic rings. The van der Waals surface area contributed by atoms with E-state index in [1.54, 1.807) is 0 Å². The van der Waals surface area contributed by atoms with Gasteiger partial charge in [-0.1, -0.05) is 19.9 Å². The summed E-state index contributed by atoms with van der Waals surface area (Å²) in [5.74, 6) is 1.30. The summed E-state index contributed by atoms with van der Waals surface area (Å²) in [6, 6.07) is 0. The van der Waals surface area contributed by atoms with E-state index in [-0.39, 0.29) is 24.8 Å². The van der Waals surface area contributed by atoms with Gasteiger partial charge in [-0.3, -0.25) is 0 Å². The standard InChI is InChI=1S/C14H24BNO2/c1-5-6-12(16)15-17-11-8-9-7-10(13(9,2)3)14(11,4)18-15/h5,9-12H,1,6-8,16H2,2-4H3/t9-,10+,11+,12?,14+/m1/s1. The lowest BCUT2D eigenvalue weighted by Gasteiger charge is -2.64. The molecule has 4 heteroatoms. The molecule has 2 bridgehead atoms. The van der Waals surface area contributed by atoms with Crippen LogP contribution in [0.3, 0.4) is 0 Å². The normalized spacial score (nSPS) is 46.2. The lowest BCUT2D eigenvalue weighted by atomic mass is 9.43. The maximum Gasteiger partial charge on any atom is 0.475 e. The maximum absolute atomic E-state index is 6.26. The average Bonchev–Trinajstić information content (AvgIpc) is 2.65. The Morgan fingerprint density at radius 3 is 2.78 bits per heavy atom. The van der Waals surface area contributed by atoms with Crippen molar-refractivity contribution in [2.24, 2.45) is 23.0 Å². The first-order valence-corrected chi connectivity index (χ1v) is 7.09. The van der Waals surface area contributed by atoms with E-state index in [1.807, 2.05) is 6.08 Å². The Morgan fingerprint density at radius 2 is 2.17 bits per heavy atom. The molecule has 1 saturated heterocycles. The van der Waals surface area contributed by atoms with Crippen LogP contribution in [-0.2, 0) is 9.31 Å². The molecule has 0 radical (unpaired) electrons. The van der Waals surface area contributed by atoms with Gasteiger partial charge in [-0.05, 0) is 43.4 Å². The lowest BCUT2D eigenvalue weighted by molar-refractivity contribution is -0.199. The van der Waals surface area contributed by atoms with Crippen molar-refractivity contribution < 1.29 is 9.31 Å². The summed E-state index contributed by atoms with van der Waals surface area (Å²) < 4.78 is 12.3. The van der Waals surface area contributed by atoms with Crippen molar-refractivity contribution in [2.45, 2.75) is 57.7 Å². The fraction of sp³-hybridized carbons (Fsp3) is 0.857. The van der Waals surface area contributed by atoms with Gasteiger partial charge in [0.05, 0.1) is 11.7 Å². The van der Waals surface area contributed by atoms with E-state index in [2.05, 4.69) is 27.4 Å². The predicted octanol–water partition coefficient (Wildman–Crippen LogP) is 2.16. The van der Waals surface area contributed by atoms with Crippen LogP contribution in [0.4, 0.5) is 0 Å². The largest absolute Gasteiger partial charge is 0.475 e. The van der Waals surface area contributed by atoms with Crippen molar-refractivity contribution >= 4 is 7.12 Å². The molecule has 4 fully saturated rings. The Bertz CT molecular complexity index is 373. The van der Waals surface area contributed by atoms with E-state index in [1.165, 1.54) is 6.42 Å². The van der Waals surface area contributed by atoms with Gasteiger partial charge in [0.1, 0.15) is 0 Å². The smallest absolute Gasteiger partial charge is 0.404 e. The van der Waals surface area contributed by atoms with Gasteiger partial charge in [0, 0.05) is 5.94 Å². The second-order valence-electron chi connectivity index (χ2n) is 7.03. The molecule has 18 heavy (non-hydrogen) atoms. The topological polar surface area (TPSA) is 44.5 Å². The quantitative estimate of drug-likeness (QED) is 0.615. The van der Waals surface area contributed by atoms with Crippen LogP contribution >= 0.6 is 0 Å². The highest BCUT2D eigenvalue weighted by Gasteiger charge is 2.68. The molecule has 5 atom stereocenters. The van der Waals surface area contributed by atoms with Gasteiger partial charge in [0.2, 0.25) is 0 Å². The lowest BCUT2D eigenvalue weighted by Crippen LogP contribution is -2.65. The van der Waals surface area contributed by atoms with Crippen LogP contribution in [0.25, 0.3) is 0 Å². The Labute approximate surface area is 110 Å². The molecule has 0 aromatic rings. The molecular weight excluding hydrogens is 225 g/mol. The minimum atomic E-state index is -0.256. The molecule has 2 N–H and O–H groups in total. The maximum atomic E-state index is 6.26. The molecule has 0 spiro atoms. The highest BCUT2D eigenvalue weighted by Crippen LogP contribution is 2.65. The van der Waals surface area contributed by atoms with E-state index >= 15 is 0 Å². The molecule has 1 heterocycles. The van der Waals surface area contributed by atoms with E-state index in [0.29, 0.717) is 11.3 Å². The molecule has 1 unspecified atom stereocenters. The second-order valence-corrected chi connectivity index (χ2v) is 7.03. The SMILES string of the molecule is C=CCC(N)B1O[C@H]2C[C@H]3C[C@@H](C3(C)C)[C@]2(C)O1. The first-order chi connectivity index (χ1) is 8.39. The van der Waals surface area contributed by atoms with Crippen molar-refractivity contribution in [3.05, 3.63) is 12.7 Å². The third kappa shape index (κ3) is 1.49. The summed E-state index contributed by atoms with van der Waals surface area (Å²) in [5.41, 5.74) is 6.37. The van der Waals surface area contributed by atoms with Crippen LogP contribution in [0.15, 0.2) is 12.7 Å². The van der Waals surface area contributed by atoms with Gasteiger partial charge >= 0.3 is 7.12 Å². The van der Waals surface area contributed by atoms with Crippen LogP contribution in [0, 0.1) is 17.3 Å². The van der Waals surface area contributed by atoms with Crippen LogP contribution in [-0.4, -0.2) is 24.8 Å². The Morgan fingerprint density at radius 1 is 1.44 bits per heavy atom. The summed E-state index contributed by atoms with van der Waals surface area (Å²) in [5, 5.41) is 0. The summed E-state index contributed by atoms with van der Waals surface area (Å²) in [7, 11) is -0.256. The first kappa shape index (κ1) is 12.7. The Kier molecular flexibility index (Phi) is 2.71. The zero-order valence-electron chi connectivity index (χ0n) is 11.7. The molecular formula is C14H24BNO2. The molecule has 4 rings (SSSR count). The average molecular weight is 249 g/mol. The molecule has 1 aliphatic heterocycles. The van der Waals surface area contributed by atoms with Gasteiger partial charge in [0.15, 0.2) is 0 Å². The zero-order chi connectivity index (χ0) is 13.1. The van der Waals surface area contributed by atoms with Crippen molar-refractivity contribution in [2.75, 3.05) is 0 Å². The minimum Gasteiger partial charge on any atom is -0.404 e. The fourth-order valence-electron chi connectivity index (χ4n) is 4.39. The third-order valence-corrected chi connectivity index (χ3v) is 5.76. The summed E-state index contributed by atoms with van der Waals surface area (Å²) in [6.07, 6.45) is 5.22. The van der Waals surface area contributed by atoms with Crippen molar-refractivity contribution in [3.8, 4) is 0 Å². The van der Waals surface area contributed by atoms with Crippen LogP contribution < -0.4 is 5.73 Å². The van der Waals surface area contributed by atoms with Crippen molar-refractivity contribution in [1.82, 2.24) is 0 Å². The zero-order valence-corrected chi connectivity index (χ0v) is 11.7. The molecule has 3 saturated carbocycles.